The molecule has 2 aromatic rings. The largest absolute Gasteiger partial charge is 0.493 e. The first kappa shape index (κ1) is 16.9. The predicted octanol–water partition coefficient (Wildman–Crippen LogP) is 2.55. The van der Waals surface area contributed by atoms with Crippen molar-refractivity contribution in [3.8, 4) is 11.5 Å². The highest BCUT2D eigenvalue weighted by Gasteiger charge is 2.17. The van der Waals surface area contributed by atoms with Gasteiger partial charge in [0.15, 0.2) is 11.5 Å². The van der Waals surface area contributed by atoms with Gasteiger partial charge >= 0.3 is 0 Å². The molecule has 0 aliphatic rings. The fourth-order valence-corrected chi connectivity index (χ4v) is 2.43. The fourth-order valence-electron chi connectivity index (χ4n) is 2.43. The molecular formula is C17H22N2O4. The lowest BCUT2D eigenvalue weighted by Gasteiger charge is -2.19. The van der Waals surface area contributed by atoms with Crippen LogP contribution >= 0.6 is 0 Å². The number of amides is 1. The van der Waals surface area contributed by atoms with Crippen LogP contribution in [0, 0.1) is 6.92 Å². The van der Waals surface area contributed by atoms with Gasteiger partial charge in [0.2, 0.25) is 0 Å². The van der Waals surface area contributed by atoms with Crippen molar-refractivity contribution in [1.29, 1.82) is 0 Å². The van der Waals surface area contributed by atoms with Crippen molar-refractivity contribution < 1.29 is 18.7 Å². The molecule has 2 rings (SSSR count). The molecule has 0 radical (unpaired) electrons. The molecule has 0 saturated heterocycles. The van der Waals surface area contributed by atoms with E-state index < -0.39 is 0 Å². The van der Waals surface area contributed by atoms with Gasteiger partial charge in [0.1, 0.15) is 12.0 Å². The van der Waals surface area contributed by atoms with Gasteiger partial charge in [0.05, 0.1) is 32.4 Å². The number of aryl methyl sites for hydroxylation is 1. The van der Waals surface area contributed by atoms with Gasteiger partial charge in [-0.25, -0.2) is 0 Å². The summed E-state index contributed by atoms with van der Waals surface area (Å²) >= 11 is 0. The summed E-state index contributed by atoms with van der Waals surface area (Å²) in [6.45, 7) is 4.14. The fraction of sp³-hybridized carbons (Fsp3) is 0.353. The third kappa shape index (κ3) is 3.65. The first-order chi connectivity index (χ1) is 11.0. The number of hydrogen-bond acceptors (Lipinski definition) is 5. The first-order valence-corrected chi connectivity index (χ1v) is 7.31. The van der Waals surface area contributed by atoms with Crippen molar-refractivity contribution in [2.24, 2.45) is 5.73 Å². The number of furan rings is 1. The minimum Gasteiger partial charge on any atom is -0.493 e. The van der Waals surface area contributed by atoms with Crippen LogP contribution < -0.4 is 20.5 Å². The van der Waals surface area contributed by atoms with Gasteiger partial charge in [-0.15, -0.1) is 0 Å². The summed E-state index contributed by atoms with van der Waals surface area (Å²) in [5, 5.41) is 2.94. The Morgan fingerprint density at radius 1 is 1.26 bits per heavy atom. The van der Waals surface area contributed by atoms with Crippen molar-refractivity contribution in [2.45, 2.75) is 26.4 Å². The molecule has 6 nitrogen and oxygen atoms in total. The summed E-state index contributed by atoms with van der Waals surface area (Å²) in [7, 11) is 3.18. The van der Waals surface area contributed by atoms with Crippen molar-refractivity contribution in [3.63, 3.8) is 0 Å². The quantitative estimate of drug-likeness (QED) is 0.855. The topological polar surface area (TPSA) is 86.7 Å². The van der Waals surface area contributed by atoms with E-state index >= 15 is 0 Å². The zero-order valence-corrected chi connectivity index (χ0v) is 13.8. The molecule has 6 heteroatoms. The minimum atomic E-state index is -0.213. The smallest absolute Gasteiger partial charge is 0.255 e. The SMILES string of the molecule is COc1cc(C)c(C(C)NC(=O)c2coc(CN)c2)cc1OC. The molecule has 1 atom stereocenters. The van der Waals surface area contributed by atoms with Gasteiger partial charge in [0.25, 0.3) is 5.91 Å². The van der Waals surface area contributed by atoms with Crippen LogP contribution in [0.25, 0.3) is 0 Å². The maximum absolute atomic E-state index is 12.3. The van der Waals surface area contributed by atoms with E-state index in [1.54, 1.807) is 20.3 Å². The Morgan fingerprint density at radius 2 is 1.91 bits per heavy atom. The Balaban J connectivity index is 2.19. The molecule has 0 bridgehead atoms. The maximum Gasteiger partial charge on any atom is 0.255 e. The monoisotopic (exact) mass is 318 g/mol. The Morgan fingerprint density at radius 3 is 2.48 bits per heavy atom. The number of nitrogens with one attached hydrogen (secondary N) is 1. The lowest BCUT2D eigenvalue weighted by Crippen LogP contribution is -2.26. The third-order valence-corrected chi connectivity index (χ3v) is 3.70. The summed E-state index contributed by atoms with van der Waals surface area (Å²) in [6, 6.07) is 5.21. The maximum atomic E-state index is 12.3. The molecule has 0 fully saturated rings. The normalized spacial score (nSPS) is 11.9. The van der Waals surface area contributed by atoms with E-state index in [-0.39, 0.29) is 18.5 Å². The molecule has 0 saturated carbocycles. The van der Waals surface area contributed by atoms with Crippen LogP contribution in [0.2, 0.25) is 0 Å². The van der Waals surface area contributed by atoms with Gasteiger partial charge in [0, 0.05) is 0 Å². The van der Waals surface area contributed by atoms with E-state index in [0.717, 1.165) is 11.1 Å². The molecule has 3 N–H and O–H groups in total. The van der Waals surface area contributed by atoms with Crippen LogP contribution in [-0.4, -0.2) is 20.1 Å². The average Bonchev–Trinajstić information content (AvgIpc) is 3.03. The Hall–Kier alpha value is -2.47. The van der Waals surface area contributed by atoms with Crippen molar-refractivity contribution in [3.05, 3.63) is 46.9 Å². The number of hydrogen-bond donors (Lipinski definition) is 2. The van der Waals surface area contributed by atoms with Gasteiger partial charge in [-0.3, -0.25) is 4.79 Å². The summed E-state index contributed by atoms with van der Waals surface area (Å²) in [4.78, 5) is 12.3. The molecule has 1 amide bonds. The molecule has 0 aliphatic carbocycles. The molecular weight excluding hydrogens is 296 g/mol. The lowest BCUT2D eigenvalue weighted by molar-refractivity contribution is 0.0939. The number of carbonyl (C=O) groups is 1. The summed E-state index contributed by atoms with van der Waals surface area (Å²) < 4.78 is 15.8. The van der Waals surface area contributed by atoms with E-state index in [9.17, 15) is 4.79 Å². The predicted molar refractivity (Wildman–Crippen MR) is 86.8 cm³/mol. The Labute approximate surface area is 135 Å². The number of ether oxygens (including phenoxy) is 2. The van der Waals surface area contributed by atoms with Crippen LogP contribution in [0.5, 0.6) is 11.5 Å². The Kier molecular flexibility index (Phi) is 5.28. The molecule has 0 spiro atoms. The van der Waals surface area contributed by atoms with E-state index in [1.807, 2.05) is 26.0 Å². The second-order valence-electron chi connectivity index (χ2n) is 5.26. The molecule has 1 aromatic heterocycles. The number of methoxy groups -OCH3 is 2. The molecule has 0 aliphatic heterocycles. The van der Waals surface area contributed by atoms with E-state index in [1.165, 1.54) is 6.26 Å². The molecule has 1 unspecified atom stereocenters. The van der Waals surface area contributed by atoms with Crippen LogP contribution in [-0.2, 0) is 6.54 Å². The first-order valence-electron chi connectivity index (χ1n) is 7.31. The van der Waals surface area contributed by atoms with Crippen molar-refractivity contribution in [2.75, 3.05) is 14.2 Å². The van der Waals surface area contributed by atoms with Crippen LogP contribution in [0.1, 0.15) is 40.2 Å². The zero-order valence-electron chi connectivity index (χ0n) is 13.8. The van der Waals surface area contributed by atoms with Gasteiger partial charge in [-0.1, -0.05) is 0 Å². The van der Waals surface area contributed by atoms with Crippen molar-refractivity contribution >= 4 is 5.91 Å². The van der Waals surface area contributed by atoms with Crippen LogP contribution in [0.15, 0.2) is 28.9 Å². The van der Waals surface area contributed by atoms with Crippen molar-refractivity contribution in [1.82, 2.24) is 5.32 Å². The number of nitrogens with two attached hydrogens (primary N) is 1. The van der Waals surface area contributed by atoms with Crippen LogP contribution in [0.3, 0.4) is 0 Å². The molecule has 23 heavy (non-hydrogen) atoms. The number of rotatable bonds is 6. The van der Waals surface area contributed by atoms with Gasteiger partial charge in [-0.2, -0.15) is 0 Å². The van der Waals surface area contributed by atoms with Gasteiger partial charge < -0.3 is 24.9 Å². The van der Waals surface area contributed by atoms with E-state index in [2.05, 4.69) is 5.32 Å². The summed E-state index contributed by atoms with van der Waals surface area (Å²) in [6.07, 6.45) is 1.41. The average molecular weight is 318 g/mol. The second-order valence-corrected chi connectivity index (χ2v) is 5.26. The second kappa shape index (κ2) is 7.19. The summed E-state index contributed by atoms with van der Waals surface area (Å²) in [5.74, 6) is 1.65. The van der Waals surface area contributed by atoms with Gasteiger partial charge in [-0.05, 0) is 43.2 Å². The van der Waals surface area contributed by atoms with Crippen LogP contribution in [0.4, 0.5) is 0 Å². The molecule has 1 heterocycles. The lowest BCUT2D eigenvalue weighted by atomic mass is 10.0. The standard InChI is InChI=1S/C17H22N2O4/c1-10-5-15(21-3)16(22-4)7-14(10)11(2)19-17(20)12-6-13(8-18)23-9-12/h5-7,9,11H,8,18H2,1-4H3,(H,19,20). The minimum absolute atomic E-state index is 0.196. The Bertz CT molecular complexity index is 694. The highest BCUT2D eigenvalue weighted by molar-refractivity contribution is 5.94. The number of benzene rings is 1. The van der Waals surface area contributed by atoms with E-state index in [4.69, 9.17) is 19.6 Å². The molecule has 124 valence electrons. The zero-order chi connectivity index (χ0) is 17.0. The highest BCUT2D eigenvalue weighted by atomic mass is 16.5. The van der Waals surface area contributed by atoms with E-state index in [0.29, 0.717) is 22.8 Å². The summed E-state index contributed by atoms with van der Waals surface area (Å²) in [5.41, 5.74) is 7.90. The molecule has 1 aromatic carbocycles. The third-order valence-electron chi connectivity index (χ3n) is 3.70. The highest BCUT2D eigenvalue weighted by Crippen LogP contribution is 2.32. The number of carbonyl (C=O) groups excluding carboxylic acids is 1.